The van der Waals surface area contributed by atoms with Gasteiger partial charge in [0.15, 0.2) is 4.80 Å². The molecule has 200 valence electrons. The number of fused-ring (bicyclic) bond motifs is 2. The molecule has 7 nitrogen and oxygen atoms in total. The number of carbonyl (C=O) groups is 2. The van der Waals surface area contributed by atoms with Crippen LogP contribution in [0.4, 0.5) is 5.69 Å². The molecule has 1 aromatic heterocycles. The standard InChI is InChI=1S/C31H25N3O4S2/c1-4-38-30(37)24-25(18-10-6-5-7-11-18)32-31-34(26(24)19-14-16-20(39-3)17-15-19)29(36)27(40-31)23-21-12-8-9-13-22(21)33(2)28(23)35/h5-17,26H,4H2,1-3H3/b27-23-/t26-/m1/s1. The minimum absolute atomic E-state index is 0.175. The monoisotopic (exact) mass is 567 g/mol. The Morgan fingerprint density at radius 3 is 2.40 bits per heavy atom. The lowest BCUT2D eigenvalue weighted by atomic mass is 9.93. The maximum atomic E-state index is 14.3. The summed E-state index contributed by atoms with van der Waals surface area (Å²) in [6, 6.07) is 23.8. The molecule has 40 heavy (non-hydrogen) atoms. The quantitative estimate of drug-likeness (QED) is 0.269. The average Bonchev–Trinajstić information content (AvgIpc) is 3.44. The van der Waals surface area contributed by atoms with Crippen LogP contribution in [0.1, 0.15) is 29.7 Å². The highest BCUT2D eigenvalue weighted by molar-refractivity contribution is 7.98. The van der Waals surface area contributed by atoms with Crippen molar-refractivity contribution in [1.29, 1.82) is 0 Å². The average molecular weight is 568 g/mol. The van der Waals surface area contributed by atoms with Crippen molar-refractivity contribution in [1.82, 2.24) is 4.57 Å². The maximum Gasteiger partial charge on any atom is 0.338 e. The van der Waals surface area contributed by atoms with Crippen molar-refractivity contribution in [3.63, 3.8) is 0 Å². The smallest absolute Gasteiger partial charge is 0.338 e. The predicted octanol–water partition coefficient (Wildman–Crippen LogP) is 4.00. The van der Waals surface area contributed by atoms with E-state index >= 15 is 0 Å². The van der Waals surface area contributed by atoms with E-state index in [4.69, 9.17) is 9.73 Å². The van der Waals surface area contributed by atoms with Crippen LogP contribution >= 0.6 is 23.1 Å². The van der Waals surface area contributed by atoms with Gasteiger partial charge in [0.2, 0.25) is 0 Å². The van der Waals surface area contributed by atoms with Crippen LogP contribution in [0.25, 0.3) is 11.3 Å². The number of likely N-dealkylation sites (N-methyl/N-ethyl adjacent to an activating group) is 1. The second-order valence-electron chi connectivity index (χ2n) is 9.28. The SMILES string of the molecule is CCOC(=O)C1=C(c2ccccc2)N=c2s/c(=C3\C(=O)N(C)c4ccccc43)c(=O)n2[C@@H]1c1ccc(SC)cc1. The lowest BCUT2D eigenvalue weighted by molar-refractivity contribution is -0.138. The van der Waals surface area contributed by atoms with Crippen LogP contribution < -0.4 is 19.8 Å². The summed E-state index contributed by atoms with van der Waals surface area (Å²) in [5, 5.41) is 0. The Bertz CT molecular complexity index is 1870. The number of hydrogen-bond donors (Lipinski definition) is 0. The first-order valence-corrected chi connectivity index (χ1v) is 14.8. The van der Waals surface area contributed by atoms with Crippen molar-refractivity contribution in [2.24, 2.45) is 4.99 Å². The summed E-state index contributed by atoms with van der Waals surface area (Å²) in [6.45, 7) is 1.92. The molecule has 2 aliphatic heterocycles. The summed E-state index contributed by atoms with van der Waals surface area (Å²) < 4.78 is 7.36. The van der Waals surface area contributed by atoms with Gasteiger partial charge in [-0.1, -0.05) is 72.0 Å². The first-order valence-electron chi connectivity index (χ1n) is 12.8. The van der Waals surface area contributed by atoms with Gasteiger partial charge in [-0.3, -0.25) is 14.2 Å². The molecular formula is C31H25N3O4S2. The number of thiazole rings is 1. The van der Waals surface area contributed by atoms with Crippen LogP contribution in [0, 0.1) is 0 Å². The van der Waals surface area contributed by atoms with E-state index in [-0.39, 0.29) is 23.6 Å². The van der Waals surface area contributed by atoms with Crippen molar-refractivity contribution >= 4 is 51.9 Å². The second kappa shape index (κ2) is 10.4. The third-order valence-corrected chi connectivity index (χ3v) is 8.86. The largest absolute Gasteiger partial charge is 0.463 e. The molecule has 4 aromatic rings. The Morgan fingerprint density at radius 1 is 1.00 bits per heavy atom. The highest BCUT2D eigenvalue weighted by Crippen LogP contribution is 2.37. The third-order valence-electron chi connectivity index (χ3n) is 7.06. The number of amides is 1. The lowest BCUT2D eigenvalue weighted by Crippen LogP contribution is -2.40. The van der Waals surface area contributed by atoms with Crippen LogP contribution in [0.5, 0.6) is 0 Å². The summed E-state index contributed by atoms with van der Waals surface area (Å²) in [6.07, 6.45) is 1.99. The zero-order chi connectivity index (χ0) is 28.0. The molecule has 1 atom stereocenters. The molecule has 0 unspecified atom stereocenters. The number of ether oxygens (including phenoxy) is 1. The summed E-state index contributed by atoms with van der Waals surface area (Å²) >= 11 is 2.78. The van der Waals surface area contributed by atoms with Gasteiger partial charge >= 0.3 is 5.97 Å². The number of esters is 1. The number of carbonyl (C=O) groups excluding carboxylic acids is 2. The highest BCUT2D eigenvalue weighted by Gasteiger charge is 2.37. The molecule has 0 aliphatic carbocycles. The van der Waals surface area contributed by atoms with E-state index in [1.165, 1.54) is 15.9 Å². The van der Waals surface area contributed by atoms with E-state index in [1.807, 2.05) is 85.1 Å². The molecule has 0 saturated heterocycles. The Kier molecular flexibility index (Phi) is 6.77. The first kappa shape index (κ1) is 26.0. The first-order chi connectivity index (χ1) is 19.4. The molecule has 0 saturated carbocycles. The summed E-state index contributed by atoms with van der Waals surface area (Å²) in [7, 11) is 1.70. The van der Waals surface area contributed by atoms with Gasteiger partial charge < -0.3 is 9.64 Å². The van der Waals surface area contributed by atoms with Gasteiger partial charge in [0.25, 0.3) is 11.5 Å². The molecule has 0 N–H and O–H groups in total. The maximum absolute atomic E-state index is 14.3. The molecule has 2 aliphatic rings. The summed E-state index contributed by atoms with van der Waals surface area (Å²) in [5.41, 5.74) is 3.64. The van der Waals surface area contributed by atoms with Gasteiger partial charge in [-0.2, -0.15) is 0 Å². The molecule has 3 heterocycles. The zero-order valence-corrected chi connectivity index (χ0v) is 23.7. The van der Waals surface area contributed by atoms with Crippen LogP contribution in [0.3, 0.4) is 0 Å². The number of hydrogen-bond acceptors (Lipinski definition) is 7. The van der Waals surface area contributed by atoms with Gasteiger partial charge in [0.1, 0.15) is 4.53 Å². The molecule has 0 fully saturated rings. The highest BCUT2D eigenvalue weighted by atomic mass is 32.2. The number of thioether (sulfide) groups is 1. The van der Waals surface area contributed by atoms with Crippen LogP contribution in [-0.2, 0) is 14.3 Å². The molecule has 3 aromatic carbocycles. The van der Waals surface area contributed by atoms with E-state index < -0.39 is 12.0 Å². The predicted molar refractivity (Wildman–Crippen MR) is 158 cm³/mol. The Labute approximate surface area is 238 Å². The molecule has 1 amide bonds. The molecule has 0 bridgehead atoms. The van der Waals surface area contributed by atoms with Crippen molar-refractivity contribution < 1.29 is 14.3 Å². The third kappa shape index (κ3) is 4.13. The van der Waals surface area contributed by atoms with E-state index in [1.54, 1.807) is 30.6 Å². The Hall–Kier alpha value is -4.21. The van der Waals surface area contributed by atoms with Gasteiger partial charge in [0.05, 0.1) is 35.2 Å². The molecular weight excluding hydrogens is 542 g/mol. The fourth-order valence-corrected chi connectivity index (χ4v) is 6.68. The molecule has 0 spiro atoms. The van der Waals surface area contributed by atoms with Crippen LogP contribution in [-0.4, -0.2) is 36.4 Å². The number of rotatable bonds is 5. The van der Waals surface area contributed by atoms with E-state index in [2.05, 4.69) is 0 Å². The van der Waals surface area contributed by atoms with Crippen molar-refractivity contribution in [2.75, 3.05) is 24.8 Å². The topological polar surface area (TPSA) is 81.0 Å². The normalized spacial score (nSPS) is 17.4. The number of anilines is 1. The van der Waals surface area contributed by atoms with Crippen molar-refractivity contribution in [2.45, 2.75) is 17.9 Å². The van der Waals surface area contributed by atoms with Gasteiger partial charge in [-0.05, 0) is 36.9 Å². The van der Waals surface area contributed by atoms with Crippen molar-refractivity contribution in [3.05, 3.63) is 121 Å². The van der Waals surface area contributed by atoms with E-state index in [0.29, 0.717) is 26.2 Å². The van der Waals surface area contributed by atoms with E-state index in [0.717, 1.165) is 21.7 Å². The number of para-hydroxylation sites is 1. The summed E-state index contributed by atoms with van der Waals surface area (Å²) in [5.74, 6) is -0.788. The summed E-state index contributed by atoms with van der Waals surface area (Å²) in [4.78, 5) is 49.2. The molecule has 6 rings (SSSR count). The Morgan fingerprint density at radius 2 is 1.70 bits per heavy atom. The zero-order valence-electron chi connectivity index (χ0n) is 22.1. The second-order valence-corrected chi connectivity index (χ2v) is 11.1. The van der Waals surface area contributed by atoms with Gasteiger partial charge in [0, 0.05) is 23.1 Å². The minimum Gasteiger partial charge on any atom is -0.463 e. The van der Waals surface area contributed by atoms with Gasteiger partial charge in [-0.15, -0.1) is 11.8 Å². The molecule has 0 radical (unpaired) electrons. The molecule has 9 heteroatoms. The minimum atomic E-state index is -0.791. The fourth-order valence-electron chi connectivity index (χ4n) is 5.18. The Balaban J connectivity index is 1.71. The lowest BCUT2D eigenvalue weighted by Gasteiger charge is -2.26. The van der Waals surface area contributed by atoms with Crippen molar-refractivity contribution in [3.8, 4) is 0 Å². The number of nitrogens with zero attached hydrogens (tertiary/aromatic N) is 3. The van der Waals surface area contributed by atoms with Crippen LogP contribution in [0.15, 0.2) is 99.1 Å². The van der Waals surface area contributed by atoms with Crippen LogP contribution in [0.2, 0.25) is 0 Å². The number of aromatic nitrogens is 1. The van der Waals surface area contributed by atoms with E-state index in [9.17, 15) is 14.4 Å². The number of benzene rings is 3. The fraction of sp³-hybridized carbons (Fsp3) is 0.161. The van der Waals surface area contributed by atoms with Gasteiger partial charge in [-0.25, -0.2) is 9.79 Å².